The standard InChI is InChI=1S/C6H5Br2NOS/c1-9(6(8)10)5-3-2-4(7)11-5/h2-3H,1H3. The summed E-state index contributed by atoms with van der Waals surface area (Å²) in [4.78, 5) is 12.2. The topological polar surface area (TPSA) is 20.3 Å². The van der Waals surface area contributed by atoms with E-state index in [1.54, 1.807) is 7.05 Å². The van der Waals surface area contributed by atoms with Crippen molar-refractivity contribution in [2.75, 3.05) is 11.9 Å². The van der Waals surface area contributed by atoms with E-state index in [2.05, 4.69) is 31.9 Å². The average Bonchev–Trinajstić information content (AvgIpc) is 2.34. The van der Waals surface area contributed by atoms with Gasteiger partial charge in [0.05, 0.1) is 8.79 Å². The molecule has 1 heterocycles. The van der Waals surface area contributed by atoms with Gasteiger partial charge in [0.2, 0.25) is 0 Å². The summed E-state index contributed by atoms with van der Waals surface area (Å²) < 4.78 is 1.02. The normalized spacial score (nSPS) is 9.73. The second-order valence-corrected chi connectivity index (χ2v) is 5.01. The van der Waals surface area contributed by atoms with Crippen LogP contribution in [0.15, 0.2) is 15.9 Å². The monoisotopic (exact) mass is 297 g/mol. The number of nitrogens with zero attached hydrogens (tertiary/aromatic N) is 1. The lowest BCUT2D eigenvalue weighted by Gasteiger charge is -2.09. The van der Waals surface area contributed by atoms with E-state index in [9.17, 15) is 4.79 Å². The van der Waals surface area contributed by atoms with Gasteiger partial charge < -0.3 is 0 Å². The van der Waals surface area contributed by atoms with Crippen LogP contribution < -0.4 is 4.90 Å². The first kappa shape index (κ1) is 9.22. The van der Waals surface area contributed by atoms with Crippen LogP contribution in [0.4, 0.5) is 9.80 Å². The molecule has 0 aliphatic heterocycles. The zero-order valence-electron chi connectivity index (χ0n) is 5.67. The second-order valence-electron chi connectivity index (χ2n) is 1.89. The van der Waals surface area contributed by atoms with Crippen LogP contribution in [0.25, 0.3) is 0 Å². The number of carbonyl (C=O) groups excluding carboxylic acids is 1. The molecule has 0 fully saturated rings. The highest BCUT2D eigenvalue weighted by Gasteiger charge is 2.08. The van der Waals surface area contributed by atoms with Crippen LogP contribution in [0.5, 0.6) is 0 Å². The van der Waals surface area contributed by atoms with Crippen molar-refractivity contribution in [2.45, 2.75) is 0 Å². The van der Waals surface area contributed by atoms with Crippen molar-refractivity contribution >= 4 is 53.0 Å². The Labute approximate surface area is 85.5 Å². The molecule has 1 aromatic rings. The van der Waals surface area contributed by atoms with Crippen LogP contribution in [0.3, 0.4) is 0 Å². The first-order valence-electron chi connectivity index (χ1n) is 2.80. The third-order valence-electron chi connectivity index (χ3n) is 1.15. The van der Waals surface area contributed by atoms with Crippen LogP contribution in [-0.2, 0) is 0 Å². The van der Waals surface area contributed by atoms with Gasteiger partial charge in [-0.15, -0.1) is 11.3 Å². The summed E-state index contributed by atoms with van der Waals surface area (Å²) in [5.41, 5.74) is 0. The molecular formula is C6H5Br2NOS. The van der Waals surface area contributed by atoms with Crippen molar-refractivity contribution in [3.05, 3.63) is 15.9 Å². The summed E-state index contributed by atoms with van der Waals surface area (Å²) in [5.74, 6) is 0. The summed E-state index contributed by atoms with van der Waals surface area (Å²) >= 11 is 7.69. The Morgan fingerprint density at radius 2 is 2.27 bits per heavy atom. The van der Waals surface area contributed by atoms with E-state index in [1.807, 2.05) is 12.1 Å². The minimum atomic E-state index is -0.133. The maximum absolute atomic E-state index is 10.8. The minimum Gasteiger partial charge on any atom is -0.297 e. The zero-order valence-corrected chi connectivity index (χ0v) is 9.66. The van der Waals surface area contributed by atoms with Gasteiger partial charge in [-0.3, -0.25) is 9.69 Å². The lowest BCUT2D eigenvalue weighted by Crippen LogP contribution is -2.17. The molecular weight excluding hydrogens is 294 g/mol. The van der Waals surface area contributed by atoms with Gasteiger partial charge in [-0.1, -0.05) is 0 Å². The number of halogens is 2. The molecule has 0 aliphatic carbocycles. The summed E-state index contributed by atoms with van der Waals surface area (Å²) in [7, 11) is 1.72. The molecule has 0 saturated carbocycles. The Kier molecular flexibility index (Phi) is 3.09. The first-order chi connectivity index (χ1) is 5.11. The van der Waals surface area contributed by atoms with Gasteiger partial charge in [0, 0.05) is 23.0 Å². The van der Waals surface area contributed by atoms with Crippen molar-refractivity contribution in [1.82, 2.24) is 0 Å². The van der Waals surface area contributed by atoms with Crippen LogP contribution in [0.2, 0.25) is 0 Å². The first-order valence-corrected chi connectivity index (χ1v) is 5.20. The molecule has 0 bridgehead atoms. The van der Waals surface area contributed by atoms with Gasteiger partial charge >= 0.3 is 0 Å². The third-order valence-corrected chi connectivity index (χ3v) is 3.39. The van der Waals surface area contributed by atoms with Gasteiger partial charge in [0.15, 0.2) is 0 Å². The molecule has 0 spiro atoms. The average molecular weight is 299 g/mol. The molecule has 1 rings (SSSR count). The maximum atomic E-state index is 10.8. The molecule has 0 aromatic carbocycles. The van der Waals surface area contributed by atoms with Crippen molar-refractivity contribution in [1.29, 1.82) is 0 Å². The van der Waals surface area contributed by atoms with Gasteiger partial charge in [-0.2, -0.15) is 0 Å². The van der Waals surface area contributed by atoms with E-state index in [4.69, 9.17) is 0 Å². The SMILES string of the molecule is CN(C(=O)Br)c1ccc(Br)s1. The van der Waals surface area contributed by atoms with E-state index >= 15 is 0 Å². The molecule has 60 valence electrons. The fourth-order valence-electron chi connectivity index (χ4n) is 0.572. The number of amides is 1. The minimum absolute atomic E-state index is 0.133. The van der Waals surface area contributed by atoms with Gasteiger partial charge in [-0.25, -0.2) is 0 Å². The Morgan fingerprint density at radius 1 is 1.64 bits per heavy atom. The zero-order chi connectivity index (χ0) is 8.43. The molecule has 0 atom stereocenters. The van der Waals surface area contributed by atoms with Crippen molar-refractivity contribution in [3.8, 4) is 0 Å². The maximum Gasteiger partial charge on any atom is 0.294 e. The molecule has 0 saturated heterocycles. The molecule has 0 radical (unpaired) electrons. The van der Waals surface area contributed by atoms with E-state index in [-0.39, 0.29) is 4.82 Å². The molecule has 1 amide bonds. The van der Waals surface area contributed by atoms with E-state index in [0.29, 0.717) is 0 Å². The number of carbonyl (C=O) groups is 1. The molecule has 1 aromatic heterocycles. The highest BCUT2D eigenvalue weighted by Crippen LogP contribution is 2.29. The van der Waals surface area contributed by atoms with E-state index in [1.165, 1.54) is 16.2 Å². The number of thiophene rings is 1. The number of hydrogen-bond acceptors (Lipinski definition) is 2. The molecule has 5 heteroatoms. The predicted molar refractivity (Wildman–Crippen MR) is 54.7 cm³/mol. The predicted octanol–water partition coefficient (Wildman–Crippen LogP) is 3.46. The van der Waals surface area contributed by atoms with Gasteiger partial charge in [-0.05, 0) is 28.1 Å². The number of anilines is 1. The molecule has 0 N–H and O–H groups in total. The summed E-state index contributed by atoms with van der Waals surface area (Å²) in [5, 5.41) is 0.916. The summed E-state index contributed by atoms with van der Waals surface area (Å²) in [6.45, 7) is 0. The Morgan fingerprint density at radius 3 is 2.64 bits per heavy atom. The highest BCUT2D eigenvalue weighted by atomic mass is 79.9. The molecule has 11 heavy (non-hydrogen) atoms. The molecule has 0 unspecified atom stereocenters. The van der Waals surface area contributed by atoms with Crippen molar-refractivity contribution in [3.63, 3.8) is 0 Å². The quantitative estimate of drug-likeness (QED) is 0.574. The Hall–Kier alpha value is 0.130. The van der Waals surface area contributed by atoms with Crippen LogP contribution >= 0.6 is 43.2 Å². The van der Waals surface area contributed by atoms with Crippen molar-refractivity contribution in [2.24, 2.45) is 0 Å². The Bertz CT molecular complexity index is 273. The fourth-order valence-corrected chi connectivity index (χ4v) is 2.20. The number of hydrogen-bond donors (Lipinski definition) is 0. The van der Waals surface area contributed by atoms with Crippen LogP contribution in [-0.4, -0.2) is 11.9 Å². The lowest BCUT2D eigenvalue weighted by molar-refractivity contribution is 0.267. The summed E-state index contributed by atoms with van der Waals surface area (Å²) in [6.07, 6.45) is 0. The second kappa shape index (κ2) is 3.69. The lowest BCUT2D eigenvalue weighted by atomic mass is 10.6. The van der Waals surface area contributed by atoms with Crippen LogP contribution in [0, 0.1) is 0 Å². The third kappa shape index (κ3) is 2.28. The molecule has 0 aliphatic rings. The smallest absolute Gasteiger partial charge is 0.294 e. The molecule has 2 nitrogen and oxygen atoms in total. The van der Waals surface area contributed by atoms with E-state index < -0.39 is 0 Å². The summed E-state index contributed by atoms with van der Waals surface area (Å²) in [6, 6.07) is 3.79. The Balaban J connectivity index is 2.84. The van der Waals surface area contributed by atoms with Crippen LogP contribution in [0.1, 0.15) is 0 Å². The van der Waals surface area contributed by atoms with Gasteiger partial charge in [0.1, 0.15) is 0 Å². The van der Waals surface area contributed by atoms with Gasteiger partial charge in [0.25, 0.3) is 4.82 Å². The van der Waals surface area contributed by atoms with Crippen molar-refractivity contribution < 1.29 is 4.79 Å². The van der Waals surface area contributed by atoms with E-state index in [0.717, 1.165) is 8.79 Å². The number of rotatable bonds is 1. The highest BCUT2D eigenvalue weighted by molar-refractivity contribution is 9.18. The largest absolute Gasteiger partial charge is 0.297 e. The fraction of sp³-hybridized carbons (Fsp3) is 0.167.